The van der Waals surface area contributed by atoms with Crippen LogP contribution in [0.2, 0.25) is 0 Å². The number of hydrazone groups is 1. The van der Waals surface area contributed by atoms with E-state index in [9.17, 15) is 4.79 Å². The highest BCUT2D eigenvalue weighted by atomic mass is 32.1. The molecule has 1 unspecified atom stereocenters. The zero-order valence-electron chi connectivity index (χ0n) is 22.6. The first-order chi connectivity index (χ1) is 21.0. The Kier molecular flexibility index (Phi) is 8.07. The Morgan fingerprint density at radius 2 is 1.37 bits per heavy atom. The number of carbonyl (C=O) groups excluding carboxylic acids is 1. The smallest absolute Gasteiger partial charge is 0.389 e. The van der Waals surface area contributed by atoms with Gasteiger partial charge in [-0.15, -0.1) is 24.0 Å². The molecule has 214 valence electrons. The Hall–Kier alpha value is -5.13. The number of thiol groups is 1. The number of benzene rings is 4. The molecule has 2 N–H and O–H groups in total. The average molecular weight is 608 g/mol. The molecular formula is C32H25N5O4S2. The molecule has 11 heteroatoms. The van der Waals surface area contributed by atoms with Gasteiger partial charge in [0.25, 0.3) is 5.56 Å². The fraction of sp³-hybridized carbons (Fsp3) is 0.0625. The summed E-state index contributed by atoms with van der Waals surface area (Å²) in [6.45, 7) is 0. The van der Waals surface area contributed by atoms with E-state index in [1.807, 2.05) is 121 Å². The molecule has 1 aliphatic heterocycles. The zero-order valence-corrected chi connectivity index (χ0v) is 24.3. The number of hydroxylamine groups is 1. The summed E-state index contributed by atoms with van der Waals surface area (Å²) in [5, 5.41) is 11.5. The van der Waals surface area contributed by atoms with Crippen molar-refractivity contribution in [1.82, 2.24) is 10.2 Å². The quantitative estimate of drug-likeness (QED) is 0.0942. The van der Waals surface area contributed by atoms with Crippen molar-refractivity contribution in [1.29, 1.82) is 0 Å². The average Bonchev–Trinajstić information content (AvgIpc) is 3.65. The van der Waals surface area contributed by atoms with Crippen LogP contribution in [-0.2, 0) is 24.8 Å². The molecule has 6 rings (SSSR count). The molecule has 0 spiro atoms. The van der Waals surface area contributed by atoms with E-state index < -0.39 is 17.1 Å². The maximum absolute atomic E-state index is 13.7. The number of hydrogen-bond acceptors (Lipinski definition) is 11. The summed E-state index contributed by atoms with van der Waals surface area (Å²) < 4.78 is 5.70. The van der Waals surface area contributed by atoms with E-state index in [0.717, 1.165) is 33.2 Å². The third-order valence-electron chi connectivity index (χ3n) is 6.57. The normalized spacial score (nSPS) is 15.0. The van der Waals surface area contributed by atoms with Crippen molar-refractivity contribution in [2.45, 2.75) is 11.2 Å². The molecule has 1 aliphatic rings. The van der Waals surface area contributed by atoms with Gasteiger partial charge in [0.15, 0.2) is 5.13 Å². The Bertz CT molecular complexity index is 1650. The van der Waals surface area contributed by atoms with Crippen molar-refractivity contribution < 1.29 is 19.2 Å². The first-order valence-electron chi connectivity index (χ1n) is 13.2. The maximum atomic E-state index is 13.7. The highest BCUT2D eigenvalue weighted by Crippen LogP contribution is 2.41. The molecule has 43 heavy (non-hydrogen) atoms. The van der Waals surface area contributed by atoms with Crippen LogP contribution in [0.25, 0.3) is 0 Å². The van der Waals surface area contributed by atoms with Crippen molar-refractivity contribution in [2.24, 2.45) is 10.3 Å². The molecule has 1 atom stereocenters. The number of thiazole rings is 1. The summed E-state index contributed by atoms with van der Waals surface area (Å²) in [5.74, 6) is -0.647. The minimum atomic E-state index is -1.24. The monoisotopic (exact) mass is 607 g/mol. The zero-order chi connectivity index (χ0) is 29.6. The van der Waals surface area contributed by atoms with E-state index in [1.54, 1.807) is 5.38 Å². The molecule has 0 saturated carbocycles. The predicted octanol–water partition coefficient (Wildman–Crippen LogP) is 5.80. The van der Waals surface area contributed by atoms with E-state index in [2.05, 4.69) is 27.9 Å². The molecule has 2 heterocycles. The van der Waals surface area contributed by atoms with Crippen LogP contribution in [-0.4, -0.2) is 33.3 Å². The Morgan fingerprint density at radius 1 is 0.860 bits per heavy atom. The fourth-order valence-corrected chi connectivity index (χ4v) is 5.33. The number of nitrogens with zero attached hydrogens (tertiary/aromatic N) is 4. The van der Waals surface area contributed by atoms with Gasteiger partial charge in [-0.3, -0.25) is 0 Å². The van der Waals surface area contributed by atoms with Gasteiger partial charge in [0.1, 0.15) is 5.69 Å². The van der Waals surface area contributed by atoms with Gasteiger partial charge >= 0.3 is 5.97 Å². The summed E-state index contributed by atoms with van der Waals surface area (Å²) in [6.07, 6.45) is 0. The molecule has 4 aromatic carbocycles. The number of nitrogen functional groups attached to an aromatic ring is 1. The first kappa shape index (κ1) is 28.0. The van der Waals surface area contributed by atoms with Crippen LogP contribution in [0, 0.1) is 0 Å². The predicted molar refractivity (Wildman–Crippen MR) is 168 cm³/mol. The van der Waals surface area contributed by atoms with Crippen molar-refractivity contribution in [3.05, 3.63) is 155 Å². The third-order valence-corrected chi connectivity index (χ3v) is 7.54. The fourth-order valence-electron chi connectivity index (χ4n) is 4.58. The number of ether oxygens (including phenoxy) is 1. The van der Waals surface area contributed by atoms with E-state index in [1.165, 1.54) is 0 Å². The van der Waals surface area contributed by atoms with Crippen molar-refractivity contribution >= 4 is 46.7 Å². The van der Waals surface area contributed by atoms with Crippen LogP contribution in [0.4, 0.5) is 5.13 Å². The largest absolute Gasteiger partial charge is 0.438 e. The van der Waals surface area contributed by atoms with E-state index in [0.29, 0.717) is 5.56 Å². The van der Waals surface area contributed by atoms with Crippen molar-refractivity contribution in [3.63, 3.8) is 0 Å². The Labute approximate surface area is 257 Å². The number of aromatic nitrogens is 1. The number of rotatable bonds is 9. The van der Waals surface area contributed by atoms with Crippen LogP contribution >= 0.6 is 24.0 Å². The van der Waals surface area contributed by atoms with Gasteiger partial charge in [-0.25, -0.2) is 9.78 Å². The van der Waals surface area contributed by atoms with Crippen molar-refractivity contribution in [3.8, 4) is 0 Å². The van der Waals surface area contributed by atoms with Gasteiger partial charge in [0.2, 0.25) is 17.2 Å². The standard InChI is InChI=1S/C32H25N5O4S2/c33-30-34-26(21-43-30)27(29(38)40-37-31(42)39-28(35-37)22-13-5-1-6-14-22)36-41-32(23-15-7-2-8-16-23,24-17-9-3-10-18-24)25-19-11-4-12-20-25/h1-21,31,42H,(H2,33,34). The van der Waals surface area contributed by atoms with Gasteiger partial charge in [-0.2, -0.15) is 0 Å². The second-order valence-corrected chi connectivity index (χ2v) is 10.6. The summed E-state index contributed by atoms with van der Waals surface area (Å²) in [4.78, 5) is 30.1. The molecule has 0 amide bonds. The van der Waals surface area contributed by atoms with Crippen LogP contribution in [0.15, 0.2) is 137 Å². The molecule has 0 saturated heterocycles. The number of oxime groups is 1. The second kappa shape index (κ2) is 12.4. The lowest BCUT2D eigenvalue weighted by molar-refractivity contribution is -0.194. The summed E-state index contributed by atoms with van der Waals surface area (Å²) in [7, 11) is 0. The van der Waals surface area contributed by atoms with Gasteiger partial charge in [-0.05, 0) is 12.1 Å². The first-order valence-corrected chi connectivity index (χ1v) is 14.6. The summed E-state index contributed by atoms with van der Waals surface area (Å²) in [6, 6.07) is 38.1. The Balaban J connectivity index is 1.42. The molecular weight excluding hydrogens is 583 g/mol. The molecule has 5 aromatic rings. The molecule has 0 radical (unpaired) electrons. The summed E-state index contributed by atoms with van der Waals surface area (Å²) >= 11 is 5.54. The summed E-state index contributed by atoms with van der Waals surface area (Å²) in [5.41, 5.74) is 6.75. The highest BCUT2D eigenvalue weighted by Gasteiger charge is 2.40. The third kappa shape index (κ3) is 5.81. The van der Waals surface area contributed by atoms with E-state index >= 15 is 0 Å². The minimum absolute atomic E-state index is 0.179. The van der Waals surface area contributed by atoms with Gasteiger partial charge in [0.05, 0.1) is 0 Å². The minimum Gasteiger partial charge on any atom is -0.438 e. The highest BCUT2D eigenvalue weighted by molar-refractivity contribution is 7.80. The SMILES string of the molecule is Nc1nc(C(=NOC(c2ccccc2)(c2ccccc2)c2ccccc2)C(=O)ON2N=C(c3ccccc3)OC2S)cs1. The van der Waals surface area contributed by atoms with Gasteiger partial charge < -0.3 is 20.1 Å². The number of anilines is 1. The lowest BCUT2D eigenvalue weighted by atomic mass is 9.80. The molecule has 0 bridgehead atoms. The van der Waals surface area contributed by atoms with E-state index in [4.69, 9.17) is 20.1 Å². The molecule has 9 nitrogen and oxygen atoms in total. The lowest BCUT2D eigenvalue weighted by Crippen LogP contribution is -2.34. The molecule has 0 aliphatic carbocycles. The number of carbonyl (C=O) groups is 1. The Morgan fingerprint density at radius 3 is 1.86 bits per heavy atom. The second-order valence-electron chi connectivity index (χ2n) is 9.28. The van der Waals surface area contributed by atoms with Crippen LogP contribution in [0.3, 0.4) is 0 Å². The van der Waals surface area contributed by atoms with Crippen LogP contribution < -0.4 is 5.73 Å². The van der Waals surface area contributed by atoms with Crippen molar-refractivity contribution in [2.75, 3.05) is 5.73 Å². The topological polar surface area (TPSA) is 112 Å². The number of hydrogen-bond donors (Lipinski definition) is 2. The number of nitrogens with two attached hydrogens (primary N) is 1. The molecule has 1 aromatic heterocycles. The van der Waals surface area contributed by atoms with Crippen LogP contribution in [0.1, 0.15) is 27.9 Å². The maximum Gasteiger partial charge on any atom is 0.389 e. The molecule has 0 fully saturated rings. The van der Waals surface area contributed by atoms with Gasteiger partial charge in [0, 0.05) is 27.6 Å². The van der Waals surface area contributed by atoms with Gasteiger partial charge in [-0.1, -0.05) is 125 Å². The van der Waals surface area contributed by atoms with Crippen LogP contribution in [0.5, 0.6) is 0 Å². The lowest BCUT2D eigenvalue weighted by Gasteiger charge is -2.33. The van der Waals surface area contributed by atoms with E-state index in [-0.39, 0.29) is 22.4 Å².